The smallest absolute Gasteiger partial charge is 0.339 e. The number of urea groups is 1. The van der Waals surface area contributed by atoms with Gasteiger partial charge < -0.3 is 17.7 Å². The Kier molecular flexibility index (Phi) is 6.19. The zero-order valence-corrected chi connectivity index (χ0v) is 11.7. The maximum atomic E-state index is 11.5. The van der Waals surface area contributed by atoms with Crippen molar-refractivity contribution in [3.05, 3.63) is 60.4 Å². The molecule has 1 heterocycles. The quantitative estimate of drug-likeness (QED) is 0.411. The number of hydrazone groups is 1. The second-order valence-electron chi connectivity index (χ2n) is 3.93. The molecule has 6 heteroatoms. The van der Waals surface area contributed by atoms with Crippen LogP contribution in [-0.4, -0.2) is 12.2 Å². The lowest BCUT2D eigenvalue weighted by atomic mass is 10.3. The van der Waals surface area contributed by atoms with E-state index in [0.717, 1.165) is 11.4 Å². The van der Waals surface area contributed by atoms with Crippen molar-refractivity contribution >= 4 is 17.9 Å². The Morgan fingerprint density at radius 2 is 1.85 bits per heavy atom. The molecule has 2 rings (SSSR count). The number of rotatable bonds is 3. The number of nitrogens with one attached hydrogen (secondary N) is 2. The molecule has 0 spiro atoms. The zero-order chi connectivity index (χ0) is 13.5. The highest BCUT2D eigenvalue weighted by Gasteiger charge is 2.01. The van der Waals surface area contributed by atoms with Gasteiger partial charge in [0.15, 0.2) is 6.20 Å². The van der Waals surface area contributed by atoms with Crippen LogP contribution in [0.3, 0.4) is 0 Å². The van der Waals surface area contributed by atoms with E-state index in [1.54, 1.807) is 18.3 Å². The Labute approximate surface area is 123 Å². The molecule has 2 N–H and O–H groups in total. The van der Waals surface area contributed by atoms with E-state index >= 15 is 0 Å². The molecule has 0 bridgehead atoms. The average molecular weight is 291 g/mol. The predicted molar refractivity (Wildman–Crippen MR) is 73.8 cm³/mol. The predicted octanol–water partition coefficient (Wildman–Crippen LogP) is -1.33. The summed E-state index contributed by atoms with van der Waals surface area (Å²) < 4.78 is 1.90. The first kappa shape index (κ1) is 15.7. The highest BCUT2D eigenvalue weighted by Crippen LogP contribution is 2.03. The van der Waals surface area contributed by atoms with E-state index < -0.39 is 0 Å². The molecule has 104 valence electrons. The number of hydrogen-bond acceptors (Lipinski definition) is 2. The molecule has 0 aliphatic rings. The van der Waals surface area contributed by atoms with Gasteiger partial charge in [-0.1, -0.05) is 18.2 Å². The monoisotopic (exact) mass is 290 g/mol. The van der Waals surface area contributed by atoms with Gasteiger partial charge in [0.1, 0.15) is 13.3 Å². The molecule has 0 fully saturated rings. The van der Waals surface area contributed by atoms with Crippen LogP contribution in [0.5, 0.6) is 0 Å². The van der Waals surface area contributed by atoms with Gasteiger partial charge in [0.2, 0.25) is 5.69 Å². The number of halogens is 1. The minimum atomic E-state index is -0.374. The van der Waals surface area contributed by atoms with Crippen molar-refractivity contribution in [1.82, 2.24) is 5.43 Å². The number of aryl methyl sites for hydroxylation is 1. The summed E-state index contributed by atoms with van der Waals surface area (Å²) in [6, 6.07) is 14.6. The number of carbonyl (C=O) groups is 1. The summed E-state index contributed by atoms with van der Waals surface area (Å²) in [6.07, 6.45) is 3.50. The summed E-state index contributed by atoms with van der Waals surface area (Å²) in [6.45, 7) is 0. The third-order valence-corrected chi connectivity index (χ3v) is 2.49. The van der Waals surface area contributed by atoms with Crippen LogP contribution >= 0.6 is 0 Å². The summed E-state index contributed by atoms with van der Waals surface area (Å²) in [4.78, 5) is 11.5. The standard InChI is InChI=1S/C14H14N4O.ClH/c1-18-10-6-5-9-13(18)11-15-17-14(19)16-12-7-3-2-4-8-12;/h2-11H,1H3,(H,16,19);1H. The largest absolute Gasteiger partial charge is 1.00 e. The molecular formula is C14H15ClN4O. The number of anilines is 1. The molecule has 0 saturated heterocycles. The Bertz CT molecular complexity index is 587. The average Bonchev–Trinajstić information content (AvgIpc) is 2.42. The molecule has 0 aliphatic heterocycles. The van der Waals surface area contributed by atoms with Crippen LogP contribution < -0.4 is 27.7 Å². The minimum absolute atomic E-state index is 0. The Balaban J connectivity index is 0.00000200. The maximum absolute atomic E-state index is 11.5. The molecule has 0 unspecified atom stereocenters. The van der Waals surface area contributed by atoms with E-state index in [1.165, 1.54) is 0 Å². The van der Waals surface area contributed by atoms with Crippen LogP contribution in [0.2, 0.25) is 0 Å². The van der Waals surface area contributed by atoms with Crippen molar-refractivity contribution in [2.75, 3.05) is 5.32 Å². The van der Waals surface area contributed by atoms with Crippen molar-refractivity contribution < 1.29 is 21.8 Å². The van der Waals surface area contributed by atoms with E-state index in [0.29, 0.717) is 0 Å². The Morgan fingerprint density at radius 3 is 2.55 bits per heavy atom. The molecule has 2 amide bonds. The first-order valence-electron chi connectivity index (χ1n) is 5.85. The number of nitrogens with zero attached hydrogens (tertiary/aromatic N) is 2. The highest BCUT2D eigenvalue weighted by atomic mass is 35.5. The highest BCUT2D eigenvalue weighted by molar-refractivity contribution is 5.89. The number of amides is 2. The fourth-order valence-corrected chi connectivity index (χ4v) is 1.51. The fraction of sp³-hybridized carbons (Fsp3) is 0.0714. The van der Waals surface area contributed by atoms with Gasteiger partial charge in [-0.25, -0.2) is 14.8 Å². The van der Waals surface area contributed by atoms with Crippen LogP contribution in [0.25, 0.3) is 0 Å². The van der Waals surface area contributed by atoms with Gasteiger partial charge in [-0.05, 0) is 18.2 Å². The normalized spacial score (nSPS) is 9.85. The van der Waals surface area contributed by atoms with E-state index in [2.05, 4.69) is 15.8 Å². The topological polar surface area (TPSA) is 57.4 Å². The van der Waals surface area contributed by atoms with Crippen LogP contribution in [0.1, 0.15) is 5.69 Å². The summed E-state index contributed by atoms with van der Waals surface area (Å²) in [5, 5.41) is 6.56. The van der Waals surface area contributed by atoms with Crippen LogP contribution in [-0.2, 0) is 7.05 Å². The Morgan fingerprint density at radius 1 is 1.15 bits per heavy atom. The third kappa shape index (κ3) is 4.70. The SMILES string of the molecule is C[n+]1ccccc1C=NNC(=O)Nc1ccccc1.[Cl-]. The number of benzene rings is 1. The molecule has 1 aromatic carbocycles. The molecular weight excluding hydrogens is 276 g/mol. The van der Waals surface area contributed by atoms with Crippen molar-refractivity contribution in [1.29, 1.82) is 0 Å². The lowest BCUT2D eigenvalue weighted by Gasteiger charge is -2.02. The maximum Gasteiger partial charge on any atom is 0.339 e. The molecule has 0 aliphatic carbocycles. The second kappa shape index (κ2) is 7.91. The van der Waals surface area contributed by atoms with Gasteiger partial charge in [-0.2, -0.15) is 5.10 Å². The zero-order valence-electron chi connectivity index (χ0n) is 11.0. The summed E-state index contributed by atoms with van der Waals surface area (Å²) in [7, 11) is 1.91. The van der Waals surface area contributed by atoms with Crippen molar-refractivity contribution in [2.24, 2.45) is 12.1 Å². The van der Waals surface area contributed by atoms with E-state index in [-0.39, 0.29) is 18.4 Å². The van der Waals surface area contributed by atoms with Crippen LogP contribution in [0, 0.1) is 0 Å². The van der Waals surface area contributed by atoms with E-state index in [1.807, 2.05) is 54.2 Å². The number of para-hydroxylation sites is 1. The van der Waals surface area contributed by atoms with E-state index in [9.17, 15) is 4.79 Å². The first-order valence-corrected chi connectivity index (χ1v) is 5.85. The summed E-state index contributed by atoms with van der Waals surface area (Å²) >= 11 is 0. The first-order chi connectivity index (χ1) is 9.25. The second-order valence-corrected chi connectivity index (χ2v) is 3.93. The Hall–Kier alpha value is -2.40. The van der Waals surface area contributed by atoms with Crippen molar-refractivity contribution in [3.63, 3.8) is 0 Å². The number of carbonyl (C=O) groups excluding carboxylic acids is 1. The molecule has 1 aromatic heterocycles. The van der Waals surface area contributed by atoms with Crippen LogP contribution in [0.4, 0.5) is 10.5 Å². The van der Waals surface area contributed by atoms with Gasteiger partial charge in [0, 0.05) is 17.8 Å². The van der Waals surface area contributed by atoms with Crippen LogP contribution in [0.15, 0.2) is 59.8 Å². The molecule has 0 radical (unpaired) electrons. The molecule has 5 nitrogen and oxygen atoms in total. The third-order valence-electron chi connectivity index (χ3n) is 2.49. The molecule has 2 aromatic rings. The van der Waals surface area contributed by atoms with Crippen molar-refractivity contribution in [3.8, 4) is 0 Å². The van der Waals surface area contributed by atoms with Gasteiger partial charge in [-0.3, -0.25) is 0 Å². The van der Waals surface area contributed by atoms with Crippen molar-refractivity contribution in [2.45, 2.75) is 0 Å². The number of hydrogen-bond donors (Lipinski definition) is 2. The number of aromatic nitrogens is 1. The fourth-order valence-electron chi connectivity index (χ4n) is 1.51. The lowest BCUT2D eigenvalue weighted by molar-refractivity contribution is -0.672. The summed E-state index contributed by atoms with van der Waals surface area (Å²) in [5.41, 5.74) is 4.03. The van der Waals surface area contributed by atoms with Gasteiger partial charge in [0.25, 0.3) is 0 Å². The summed E-state index contributed by atoms with van der Waals surface area (Å²) in [5.74, 6) is 0. The molecule has 0 atom stereocenters. The number of pyridine rings is 1. The van der Waals surface area contributed by atoms with Gasteiger partial charge in [-0.15, -0.1) is 0 Å². The molecule has 0 saturated carbocycles. The molecule has 20 heavy (non-hydrogen) atoms. The van der Waals surface area contributed by atoms with E-state index in [4.69, 9.17) is 0 Å². The van der Waals surface area contributed by atoms with Gasteiger partial charge >= 0.3 is 6.03 Å². The van der Waals surface area contributed by atoms with Gasteiger partial charge in [0.05, 0.1) is 0 Å². The minimum Gasteiger partial charge on any atom is -1.00 e. The lowest BCUT2D eigenvalue weighted by Crippen LogP contribution is -3.00.